The lowest BCUT2D eigenvalue weighted by Gasteiger charge is -2.17. The number of fused-ring (bicyclic) bond motifs is 1. The van der Waals surface area contributed by atoms with Crippen LogP contribution in [0.3, 0.4) is 0 Å². The molecule has 1 aliphatic rings. The van der Waals surface area contributed by atoms with E-state index in [-0.39, 0.29) is 11.8 Å². The minimum Gasteiger partial charge on any atom is -0.268 e. The van der Waals surface area contributed by atoms with Crippen molar-refractivity contribution >= 4 is 40.7 Å². The highest BCUT2D eigenvalue weighted by atomic mass is 35.5. The number of hydrogen-bond acceptors (Lipinski definition) is 2. The van der Waals surface area contributed by atoms with Gasteiger partial charge < -0.3 is 0 Å². The first kappa shape index (κ1) is 13.2. The van der Waals surface area contributed by atoms with Gasteiger partial charge in [0, 0.05) is 0 Å². The number of halogens is 2. The van der Waals surface area contributed by atoms with Crippen LogP contribution in [0.2, 0.25) is 10.0 Å². The summed E-state index contributed by atoms with van der Waals surface area (Å²) >= 11 is 12.0. The molecule has 0 atom stereocenters. The largest absolute Gasteiger partial charge is 0.268 e. The van der Waals surface area contributed by atoms with E-state index in [2.05, 4.69) is 0 Å². The highest BCUT2D eigenvalue weighted by Gasteiger charge is 2.37. The number of benzene rings is 2. The maximum atomic E-state index is 12.4. The van der Waals surface area contributed by atoms with Crippen molar-refractivity contribution in [1.82, 2.24) is 0 Å². The van der Waals surface area contributed by atoms with Crippen molar-refractivity contribution in [3.8, 4) is 0 Å². The molecule has 5 heteroatoms. The molecular formula is C15H9Cl2NO2. The molecule has 0 aliphatic carbocycles. The Kier molecular flexibility index (Phi) is 3.04. The van der Waals surface area contributed by atoms with Gasteiger partial charge in [0.25, 0.3) is 11.8 Å². The number of rotatable bonds is 1. The second kappa shape index (κ2) is 4.62. The van der Waals surface area contributed by atoms with Crippen LogP contribution in [0.4, 0.5) is 5.69 Å². The van der Waals surface area contributed by atoms with Crippen LogP contribution in [0.25, 0.3) is 0 Å². The number of carbonyl (C=O) groups excluding carboxylic acids is 2. The van der Waals surface area contributed by atoms with Crippen LogP contribution in [0.15, 0.2) is 36.4 Å². The highest BCUT2D eigenvalue weighted by molar-refractivity contribution is 6.43. The average Bonchev–Trinajstić information content (AvgIpc) is 2.70. The van der Waals surface area contributed by atoms with Gasteiger partial charge in [-0.2, -0.15) is 0 Å². The van der Waals surface area contributed by atoms with E-state index < -0.39 is 0 Å². The molecule has 0 bridgehead atoms. The molecule has 0 N–H and O–H groups in total. The van der Waals surface area contributed by atoms with E-state index in [0.29, 0.717) is 32.4 Å². The molecule has 0 unspecified atom stereocenters. The summed E-state index contributed by atoms with van der Waals surface area (Å²) in [6.45, 7) is 1.73. The molecule has 2 amide bonds. The van der Waals surface area contributed by atoms with Gasteiger partial charge >= 0.3 is 0 Å². The maximum absolute atomic E-state index is 12.4. The molecule has 2 aromatic carbocycles. The zero-order valence-corrected chi connectivity index (χ0v) is 12.0. The van der Waals surface area contributed by atoms with Crippen molar-refractivity contribution in [3.63, 3.8) is 0 Å². The fraction of sp³-hybridized carbons (Fsp3) is 0.0667. The molecule has 0 radical (unpaired) electrons. The summed E-state index contributed by atoms with van der Waals surface area (Å²) in [5.74, 6) is -0.681. The third-order valence-corrected chi connectivity index (χ3v) is 4.24. The number of amides is 2. The van der Waals surface area contributed by atoms with Crippen LogP contribution < -0.4 is 4.90 Å². The molecule has 1 aliphatic heterocycles. The van der Waals surface area contributed by atoms with Gasteiger partial charge in [0.15, 0.2) is 0 Å². The van der Waals surface area contributed by atoms with E-state index in [1.165, 1.54) is 0 Å². The smallest absolute Gasteiger partial charge is 0.266 e. The van der Waals surface area contributed by atoms with Crippen LogP contribution >= 0.6 is 23.2 Å². The Morgan fingerprint density at radius 3 is 2.00 bits per heavy atom. The standard InChI is InChI=1S/C15H9Cl2NO2/c1-8-12(7-6-11(16)13(8)17)18-14(19)9-4-2-3-5-10(9)15(18)20/h2-7H,1H3. The molecule has 0 fully saturated rings. The predicted octanol–water partition coefficient (Wildman–Crippen LogP) is 4.10. The maximum Gasteiger partial charge on any atom is 0.266 e. The Labute approximate surface area is 125 Å². The lowest BCUT2D eigenvalue weighted by atomic mass is 10.1. The Morgan fingerprint density at radius 1 is 0.900 bits per heavy atom. The summed E-state index contributed by atoms with van der Waals surface area (Å²) < 4.78 is 0. The summed E-state index contributed by atoms with van der Waals surface area (Å²) in [6, 6.07) is 9.95. The van der Waals surface area contributed by atoms with Crippen molar-refractivity contribution < 1.29 is 9.59 Å². The first-order chi connectivity index (χ1) is 9.52. The van der Waals surface area contributed by atoms with Crippen molar-refractivity contribution in [2.45, 2.75) is 6.92 Å². The SMILES string of the molecule is Cc1c(N2C(=O)c3ccccc3C2=O)ccc(Cl)c1Cl. The summed E-state index contributed by atoms with van der Waals surface area (Å²) in [4.78, 5) is 25.9. The van der Waals surface area contributed by atoms with Crippen molar-refractivity contribution in [3.05, 3.63) is 63.1 Å². The molecule has 100 valence electrons. The topological polar surface area (TPSA) is 37.4 Å². The van der Waals surface area contributed by atoms with E-state index in [1.807, 2.05) is 0 Å². The number of anilines is 1. The third-order valence-electron chi connectivity index (χ3n) is 3.35. The van der Waals surface area contributed by atoms with E-state index in [1.54, 1.807) is 43.3 Å². The van der Waals surface area contributed by atoms with Crippen LogP contribution in [0, 0.1) is 6.92 Å². The molecule has 0 spiro atoms. The number of hydrogen-bond donors (Lipinski definition) is 0. The zero-order valence-electron chi connectivity index (χ0n) is 10.5. The molecule has 2 aromatic rings. The van der Waals surface area contributed by atoms with E-state index in [9.17, 15) is 9.59 Å². The highest BCUT2D eigenvalue weighted by Crippen LogP contribution is 2.36. The van der Waals surface area contributed by atoms with Gasteiger partial charge in [0.05, 0.1) is 26.9 Å². The van der Waals surface area contributed by atoms with Gasteiger partial charge in [-0.15, -0.1) is 0 Å². The van der Waals surface area contributed by atoms with Crippen LogP contribution in [0.1, 0.15) is 26.3 Å². The van der Waals surface area contributed by atoms with Gasteiger partial charge in [0.1, 0.15) is 0 Å². The van der Waals surface area contributed by atoms with E-state index in [0.717, 1.165) is 4.90 Å². The Morgan fingerprint density at radius 2 is 1.45 bits per heavy atom. The molecule has 1 heterocycles. The molecule has 0 aromatic heterocycles. The second-order valence-electron chi connectivity index (χ2n) is 4.50. The predicted molar refractivity (Wildman–Crippen MR) is 78.8 cm³/mol. The van der Waals surface area contributed by atoms with E-state index in [4.69, 9.17) is 23.2 Å². The molecule has 3 rings (SSSR count). The number of carbonyl (C=O) groups is 2. The summed E-state index contributed by atoms with van der Waals surface area (Å²) in [5, 5.41) is 0.741. The quantitative estimate of drug-likeness (QED) is 0.744. The van der Waals surface area contributed by atoms with Gasteiger partial charge in [-0.1, -0.05) is 35.3 Å². The lowest BCUT2D eigenvalue weighted by Crippen LogP contribution is -2.30. The van der Waals surface area contributed by atoms with Crippen molar-refractivity contribution in [2.75, 3.05) is 4.90 Å². The molecule has 0 saturated heterocycles. The minimum absolute atomic E-state index is 0.341. The van der Waals surface area contributed by atoms with Crippen LogP contribution in [-0.2, 0) is 0 Å². The lowest BCUT2D eigenvalue weighted by molar-refractivity contribution is 0.0926. The first-order valence-electron chi connectivity index (χ1n) is 5.95. The van der Waals surface area contributed by atoms with Crippen LogP contribution in [-0.4, -0.2) is 11.8 Å². The van der Waals surface area contributed by atoms with Gasteiger partial charge in [-0.25, -0.2) is 4.90 Å². The van der Waals surface area contributed by atoms with Gasteiger partial charge in [0.2, 0.25) is 0 Å². The molecular weight excluding hydrogens is 297 g/mol. The molecule has 0 saturated carbocycles. The normalized spacial score (nSPS) is 13.8. The summed E-state index contributed by atoms with van der Waals surface area (Å²) in [6.07, 6.45) is 0. The number of imide groups is 1. The van der Waals surface area contributed by atoms with E-state index >= 15 is 0 Å². The fourth-order valence-corrected chi connectivity index (χ4v) is 2.66. The molecule has 3 nitrogen and oxygen atoms in total. The Balaban J connectivity index is 2.17. The van der Waals surface area contributed by atoms with Crippen LogP contribution in [0.5, 0.6) is 0 Å². The second-order valence-corrected chi connectivity index (χ2v) is 5.28. The summed E-state index contributed by atoms with van der Waals surface area (Å²) in [5.41, 5.74) is 1.88. The van der Waals surface area contributed by atoms with Crippen molar-refractivity contribution in [1.29, 1.82) is 0 Å². The molecule has 20 heavy (non-hydrogen) atoms. The summed E-state index contributed by atoms with van der Waals surface area (Å²) in [7, 11) is 0. The van der Waals surface area contributed by atoms with Gasteiger partial charge in [-0.05, 0) is 36.8 Å². The minimum atomic E-state index is -0.341. The Hall–Kier alpha value is -1.84. The number of nitrogens with zero attached hydrogens (tertiary/aromatic N) is 1. The van der Waals surface area contributed by atoms with Gasteiger partial charge in [-0.3, -0.25) is 9.59 Å². The third kappa shape index (κ3) is 1.74. The first-order valence-corrected chi connectivity index (χ1v) is 6.70. The zero-order chi connectivity index (χ0) is 14.4. The average molecular weight is 306 g/mol. The van der Waals surface area contributed by atoms with Crippen molar-refractivity contribution in [2.24, 2.45) is 0 Å². The fourth-order valence-electron chi connectivity index (χ4n) is 2.29. The Bertz CT molecular complexity index is 721. The monoisotopic (exact) mass is 305 g/mol.